The van der Waals surface area contributed by atoms with E-state index in [2.05, 4.69) is 5.32 Å². The van der Waals surface area contributed by atoms with Crippen molar-refractivity contribution in [2.45, 2.75) is 6.92 Å². The summed E-state index contributed by atoms with van der Waals surface area (Å²) in [6.45, 7) is 1.83. The maximum atomic E-state index is 12.1. The molecule has 0 aromatic heterocycles. The van der Waals surface area contributed by atoms with E-state index in [4.69, 9.17) is 34.8 Å². The van der Waals surface area contributed by atoms with Crippen LogP contribution in [0.1, 0.15) is 15.9 Å². The Morgan fingerprint density at radius 1 is 1.05 bits per heavy atom. The Morgan fingerprint density at radius 2 is 1.70 bits per heavy atom. The van der Waals surface area contributed by atoms with Crippen LogP contribution < -0.4 is 5.32 Å². The molecule has 2 aromatic carbocycles. The average Bonchev–Trinajstić information content (AvgIpc) is 2.34. The second-order valence-electron chi connectivity index (χ2n) is 4.26. The molecule has 0 radical (unpaired) electrons. The number of aryl methyl sites for hydroxylation is 1. The zero-order valence-corrected chi connectivity index (χ0v) is 12.6. The van der Waals surface area contributed by atoms with Crippen molar-refractivity contribution >= 4 is 46.4 Å². The highest BCUT2D eigenvalue weighted by Crippen LogP contribution is 2.35. The van der Waals surface area contributed by atoms with Gasteiger partial charge in [-0.05, 0) is 42.8 Å². The van der Waals surface area contributed by atoms with Crippen LogP contribution in [0.4, 0.5) is 5.69 Å². The Morgan fingerprint density at radius 3 is 2.35 bits per heavy atom. The smallest absolute Gasteiger partial charge is 0.255 e. The van der Waals surface area contributed by atoms with Gasteiger partial charge in [-0.1, -0.05) is 34.8 Å². The van der Waals surface area contributed by atoms with Gasteiger partial charge in [0.15, 0.2) is 5.75 Å². The SMILES string of the molecule is Cc1cc(Cl)cc(C(=O)Nc2cc(Cl)cc(Cl)c2O)c1. The summed E-state index contributed by atoms with van der Waals surface area (Å²) in [5, 5.41) is 13.2. The maximum absolute atomic E-state index is 12.1. The van der Waals surface area contributed by atoms with E-state index in [0.717, 1.165) is 5.56 Å². The van der Waals surface area contributed by atoms with E-state index in [1.165, 1.54) is 18.2 Å². The van der Waals surface area contributed by atoms with Crippen LogP contribution >= 0.6 is 34.8 Å². The van der Waals surface area contributed by atoms with Gasteiger partial charge in [0.1, 0.15) is 0 Å². The van der Waals surface area contributed by atoms with E-state index in [0.29, 0.717) is 15.6 Å². The molecular weight excluding hydrogens is 321 g/mol. The number of phenols is 1. The molecule has 0 heterocycles. The van der Waals surface area contributed by atoms with Gasteiger partial charge in [-0.3, -0.25) is 4.79 Å². The summed E-state index contributed by atoms with van der Waals surface area (Å²) in [6, 6.07) is 7.76. The van der Waals surface area contributed by atoms with Crippen molar-refractivity contribution in [1.82, 2.24) is 0 Å². The van der Waals surface area contributed by atoms with Gasteiger partial charge >= 0.3 is 0 Å². The first-order chi connectivity index (χ1) is 9.36. The minimum atomic E-state index is -0.413. The third-order valence-electron chi connectivity index (χ3n) is 2.58. The number of amides is 1. The van der Waals surface area contributed by atoms with E-state index in [9.17, 15) is 9.90 Å². The summed E-state index contributed by atoms with van der Waals surface area (Å²) in [5.41, 5.74) is 1.38. The maximum Gasteiger partial charge on any atom is 0.255 e. The van der Waals surface area contributed by atoms with Crippen LogP contribution in [0.5, 0.6) is 5.75 Å². The van der Waals surface area contributed by atoms with Crippen LogP contribution in [0, 0.1) is 6.92 Å². The van der Waals surface area contributed by atoms with Gasteiger partial charge in [0.25, 0.3) is 5.91 Å². The molecule has 0 aliphatic carbocycles. The van der Waals surface area contributed by atoms with E-state index >= 15 is 0 Å². The Hall–Kier alpha value is -1.42. The highest BCUT2D eigenvalue weighted by molar-refractivity contribution is 6.36. The number of rotatable bonds is 2. The molecule has 0 unspecified atom stereocenters. The molecule has 3 nitrogen and oxygen atoms in total. The molecule has 20 heavy (non-hydrogen) atoms. The van der Waals surface area contributed by atoms with Crippen molar-refractivity contribution in [3.05, 3.63) is 56.5 Å². The van der Waals surface area contributed by atoms with Gasteiger partial charge in [0.05, 0.1) is 10.7 Å². The van der Waals surface area contributed by atoms with Crippen LogP contribution in [0.3, 0.4) is 0 Å². The summed E-state index contributed by atoms with van der Waals surface area (Å²) in [4.78, 5) is 12.1. The fourth-order valence-electron chi connectivity index (χ4n) is 1.72. The molecule has 0 aliphatic heterocycles. The van der Waals surface area contributed by atoms with Crippen molar-refractivity contribution in [2.75, 3.05) is 5.32 Å². The molecule has 1 amide bonds. The molecule has 0 bridgehead atoms. The molecule has 2 N–H and O–H groups in total. The Balaban J connectivity index is 2.32. The van der Waals surface area contributed by atoms with Crippen LogP contribution in [0.15, 0.2) is 30.3 Å². The predicted octanol–water partition coefficient (Wildman–Crippen LogP) is 4.91. The van der Waals surface area contributed by atoms with Gasteiger partial charge < -0.3 is 10.4 Å². The largest absolute Gasteiger partial charge is 0.504 e. The molecule has 104 valence electrons. The zero-order chi connectivity index (χ0) is 14.9. The van der Waals surface area contributed by atoms with Gasteiger partial charge in [-0.2, -0.15) is 0 Å². The highest BCUT2D eigenvalue weighted by atomic mass is 35.5. The zero-order valence-electron chi connectivity index (χ0n) is 10.4. The summed E-state index contributed by atoms with van der Waals surface area (Å²) in [7, 11) is 0. The van der Waals surface area contributed by atoms with E-state index < -0.39 is 5.91 Å². The lowest BCUT2D eigenvalue weighted by molar-refractivity contribution is 0.102. The van der Waals surface area contributed by atoms with Crippen molar-refractivity contribution in [1.29, 1.82) is 0 Å². The molecule has 6 heteroatoms. The summed E-state index contributed by atoms with van der Waals surface area (Å²) in [5.74, 6) is -0.646. The van der Waals surface area contributed by atoms with Crippen LogP contribution in [-0.2, 0) is 0 Å². The number of carbonyl (C=O) groups is 1. The third-order valence-corrected chi connectivity index (χ3v) is 3.31. The number of phenolic OH excluding ortho intramolecular Hbond substituents is 1. The normalized spacial score (nSPS) is 10.4. The Kier molecular flexibility index (Phi) is 4.43. The van der Waals surface area contributed by atoms with Gasteiger partial charge in [-0.15, -0.1) is 0 Å². The number of hydrogen-bond donors (Lipinski definition) is 2. The van der Waals surface area contributed by atoms with Crippen LogP contribution in [0.2, 0.25) is 15.1 Å². The first-order valence-electron chi connectivity index (χ1n) is 5.63. The number of nitrogens with one attached hydrogen (secondary N) is 1. The van der Waals surface area contributed by atoms with Crippen molar-refractivity contribution in [3.8, 4) is 5.75 Å². The number of anilines is 1. The van der Waals surface area contributed by atoms with E-state index in [-0.39, 0.29) is 16.5 Å². The average molecular weight is 331 g/mol. The fourth-order valence-corrected chi connectivity index (χ4v) is 2.51. The lowest BCUT2D eigenvalue weighted by atomic mass is 10.1. The minimum Gasteiger partial charge on any atom is -0.504 e. The molecule has 0 spiro atoms. The summed E-state index contributed by atoms with van der Waals surface area (Å²) >= 11 is 17.5. The van der Waals surface area contributed by atoms with E-state index in [1.54, 1.807) is 12.1 Å². The van der Waals surface area contributed by atoms with Crippen LogP contribution in [0.25, 0.3) is 0 Å². The number of halogens is 3. The van der Waals surface area contributed by atoms with Gasteiger partial charge in [-0.25, -0.2) is 0 Å². The second kappa shape index (κ2) is 5.92. The fraction of sp³-hybridized carbons (Fsp3) is 0.0714. The quantitative estimate of drug-likeness (QED) is 0.768. The molecule has 0 atom stereocenters. The Labute approximate surface area is 131 Å². The minimum absolute atomic E-state index is 0.0649. The molecule has 0 saturated heterocycles. The predicted molar refractivity (Wildman–Crippen MR) is 82.3 cm³/mol. The standard InChI is InChI=1S/C14H10Cl3NO2/c1-7-2-8(4-9(15)3-7)14(20)18-12-6-10(16)5-11(17)13(12)19/h2-6,19H,1H3,(H,18,20). The highest BCUT2D eigenvalue weighted by Gasteiger charge is 2.13. The molecular formula is C14H10Cl3NO2. The third kappa shape index (κ3) is 3.37. The van der Waals surface area contributed by atoms with Crippen molar-refractivity contribution in [2.24, 2.45) is 0 Å². The van der Waals surface area contributed by atoms with Crippen molar-refractivity contribution < 1.29 is 9.90 Å². The lowest BCUT2D eigenvalue weighted by Crippen LogP contribution is -2.12. The number of benzene rings is 2. The number of hydrogen-bond acceptors (Lipinski definition) is 2. The second-order valence-corrected chi connectivity index (χ2v) is 5.54. The Bertz CT molecular complexity index is 666. The molecule has 0 saturated carbocycles. The molecule has 2 rings (SSSR count). The van der Waals surface area contributed by atoms with Gasteiger partial charge in [0.2, 0.25) is 0 Å². The molecule has 0 aliphatic rings. The molecule has 0 fully saturated rings. The summed E-state index contributed by atoms with van der Waals surface area (Å²) < 4.78 is 0. The monoisotopic (exact) mass is 329 g/mol. The number of aromatic hydroxyl groups is 1. The van der Waals surface area contributed by atoms with Crippen molar-refractivity contribution in [3.63, 3.8) is 0 Å². The first-order valence-corrected chi connectivity index (χ1v) is 6.77. The van der Waals surface area contributed by atoms with Gasteiger partial charge in [0, 0.05) is 15.6 Å². The van der Waals surface area contributed by atoms with E-state index in [1.807, 2.05) is 6.92 Å². The van der Waals surface area contributed by atoms with Crippen LogP contribution in [-0.4, -0.2) is 11.0 Å². The number of carbonyl (C=O) groups excluding carboxylic acids is 1. The summed E-state index contributed by atoms with van der Waals surface area (Å²) in [6.07, 6.45) is 0. The molecule has 2 aromatic rings. The lowest BCUT2D eigenvalue weighted by Gasteiger charge is -2.10. The first kappa shape index (κ1) is 15.0. The topological polar surface area (TPSA) is 49.3 Å².